The number of rotatable bonds is 3. The summed E-state index contributed by atoms with van der Waals surface area (Å²) < 4.78 is 0. The van der Waals surface area contributed by atoms with Crippen LogP contribution in [0.25, 0.3) is 0 Å². The Kier molecular flexibility index (Phi) is 3.92. The molecule has 0 saturated carbocycles. The molecule has 1 aromatic rings. The fourth-order valence-electron chi connectivity index (χ4n) is 1.58. The summed E-state index contributed by atoms with van der Waals surface area (Å²) in [6.07, 6.45) is 0. The fourth-order valence-corrected chi connectivity index (χ4v) is 3.43. The van der Waals surface area contributed by atoms with Crippen LogP contribution >= 0.6 is 23.1 Å². The maximum absolute atomic E-state index is 4.54. The van der Waals surface area contributed by atoms with E-state index in [0.29, 0.717) is 11.2 Å². The topological polar surface area (TPSA) is 24.4 Å². The van der Waals surface area contributed by atoms with Crippen LogP contribution in [0.15, 0.2) is 16.4 Å². The summed E-state index contributed by atoms with van der Waals surface area (Å²) in [7, 11) is 0. The van der Waals surface area contributed by atoms with Crippen molar-refractivity contribution < 1.29 is 0 Å². The summed E-state index contributed by atoms with van der Waals surface area (Å²) in [5, 5.41) is 7.36. The second-order valence-electron chi connectivity index (χ2n) is 4.43. The van der Waals surface area contributed by atoms with Crippen molar-refractivity contribution in [3.05, 3.63) is 21.9 Å². The molecule has 0 aliphatic carbocycles. The number of aryl methyl sites for hydroxylation is 1. The Morgan fingerprint density at radius 3 is 2.94 bits per heavy atom. The predicted octanol–water partition coefficient (Wildman–Crippen LogP) is 3.27. The van der Waals surface area contributed by atoms with Crippen molar-refractivity contribution in [3.63, 3.8) is 0 Å². The van der Waals surface area contributed by atoms with Gasteiger partial charge in [-0.2, -0.15) is 0 Å². The van der Waals surface area contributed by atoms with Gasteiger partial charge in [0.05, 0.1) is 13.1 Å². The second-order valence-corrected chi connectivity index (χ2v) is 6.66. The molecule has 0 radical (unpaired) electrons. The summed E-state index contributed by atoms with van der Waals surface area (Å²) in [5.74, 6) is 0.705. The number of aliphatic imine (C=N–C) groups is 1. The Hall–Kier alpha value is -0.480. The molecule has 1 atom stereocenters. The van der Waals surface area contributed by atoms with Crippen LogP contribution in [0.4, 0.5) is 0 Å². The van der Waals surface area contributed by atoms with E-state index in [4.69, 9.17) is 0 Å². The Bertz CT molecular complexity index is 382. The molecule has 1 aromatic heterocycles. The van der Waals surface area contributed by atoms with Gasteiger partial charge in [-0.15, -0.1) is 11.3 Å². The van der Waals surface area contributed by atoms with Crippen LogP contribution < -0.4 is 5.32 Å². The fraction of sp³-hybridized carbons (Fsp3) is 0.583. The van der Waals surface area contributed by atoms with Gasteiger partial charge in [0.15, 0.2) is 5.17 Å². The van der Waals surface area contributed by atoms with E-state index < -0.39 is 0 Å². The van der Waals surface area contributed by atoms with Crippen LogP contribution in [-0.4, -0.2) is 17.0 Å². The van der Waals surface area contributed by atoms with Crippen molar-refractivity contribution in [1.29, 1.82) is 0 Å². The first-order valence-corrected chi connectivity index (χ1v) is 7.40. The van der Waals surface area contributed by atoms with Gasteiger partial charge in [0.2, 0.25) is 0 Å². The second kappa shape index (κ2) is 5.23. The summed E-state index contributed by atoms with van der Waals surface area (Å²) in [6.45, 7) is 8.57. The number of nitrogens with one attached hydrogen (secondary N) is 1. The van der Waals surface area contributed by atoms with Crippen molar-refractivity contribution >= 4 is 28.3 Å². The van der Waals surface area contributed by atoms with Crippen molar-refractivity contribution in [2.24, 2.45) is 10.9 Å². The lowest BCUT2D eigenvalue weighted by Gasteiger charge is -2.12. The zero-order chi connectivity index (χ0) is 11.5. The lowest BCUT2D eigenvalue weighted by atomic mass is 10.1. The number of amidine groups is 1. The molecular weight excluding hydrogens is 236 g/mol. The highest BCUT2D eigenvalue weighted by atomic mass is 32.2. The average Bonchev–Trinajstić information content (AvgIpc) is 2.83. The van der Waals surface area contributed by atoms with E-state index in [0.717, 1.165) is 18.3 Å². The SMILES string of the molecule is Cc1ccsc1CNC1=NCC(C(C)C)S1. The summed E-state index contributed by atoms with van der Waals surface area (Å²) >= 11 is 3.70. The molecule has 2 rings (SSSR count). The van der Waals surface area contributed by atoms with E-state index in [1.807, 2.05) is 23.1 Å². The number of hydrogen-bond donors (Lipinski definition) is 1. The molecule has 2 heterocycles. The minimum absolute atomic E-state index is 0.659. The highest BCUT2D eigenvalue weighted by Crippen LogP contribution is 2.26. The van der Waals surface area contributed by atoms with Crippen molar-refractivity contribution in [3.8, 4) is 0 Å². The van der Waals surface area contributed by atoms with Gasteiger partial charge >= 0.3 is 0 Å². The molecule has 4 heteroatoms. The predicted molar refractivity (Wildman–Crippen MR) is 74.4 cm³/mol. The number of nitrogens with zero attached hydrogens (tertiary/aromatic N) is 1. The van der Waals surface area contributed by atoms with Crippen molar-refractivity contribution in [2.75, 3.05) is 6.54 Å². The lowest BCUT2D eigenvalue weighted by Crippen LogP contribution is -2.19. The van der Waals surface area contributed by atoms with Gasteiger partial charge in [-0.25, -0.2) is 0 Å². The smallest absolute Gasteiger partial charge is 0.157 e. The van der Waals surface area contributed by atoms with E-state index in [-0.39, 0.29) is 0 Å². The number of thioether (sulfide) groups is 1. The maximum atomic E-state index is 4.54. The molecule has 1 unspecified atom stereocenters. The number of hydrogen-bond acceptors (Lipinski definition) is 4. The maximum Gasteiger partial charge on any atom is 0.157 e. The van der Waals surface area contributed by atoms with Crippen LogP contribution in [-0.2, 0) is 6.54 Å². The molecular formula is C12H18N2S2. The van der Waals surface area contributed by atoms with Gasteiger partial charge in [0, 0.05) is 10.1 Å². The molecule has 88 valence electrons. The van der Waals surface area contributed by atoms with E-state index in [1.54, 1.807) is 0 Å². The zero-order valence-electron chi connectivity index (χ0n) is 9.99. The molecule has 16 heavy (non-hydrogen) atoms. The van der Waals surface area contributed by atoms with E-state index in [1.165, 1.54) is 10.4 Å². The normalized spacial score (nSPS) is 20.2. The van der Waals surface area contributed by atoms with Crippen LogP contribution in [0.3, 0.4) is 0 Å². The first-order chi connectivity index (χ1) is 7.66. The van der Waals surface area contributed by atoms with Gasteiger partial charge in [0.25, 0.3) is 0 Å². The molecule has 1 N–H and O–H groups in total. The molecule has 0 amide bonds. The summed E-state index contributed by atoms with van der Waals surface area (Å²) in [4.78, 5) is 5.95. The summed E-state index contributed by atoms with van der Waals surface area (Å²) in [5.41, 5.74) is 1.38. The Morgan fingerprint density at radius 1 is 1.56 bits per heavy atom. The molecule has 1 aliphatic rings. The first kappa shape index (κ1) is 12.0. The molecule has 1 aliphatic heterocycles. The van der Waals surface area contributed by atoms with E-state index >= 15 is 0 Å². The van der Waals surface area contributed by atoms with Gasteiger partial charge in [0.1, 0.15) is 0 Å². The monoisotopic (exact) mass is 254 g/mol. The highest BCUT2D eigenvalue weighted by Gasteiger charge is 2.22. The Balaban J connectivity index is 1.82. The third-order valence-corrected chi connectivity index (χ3v) is 5.31. The van der Waals surface area contributed by atoms with Crippen LogP contribution in [0.2, 0.25) is 0 Å². The molecule has 0 spiro atoms. The molecule has 0 fully saturated rings. The zero-order valence-corrected chi connectivity index (χ0v) is 11.6. The average molecular weight is 254 g/mol. The third-order valence-electron chi connectivity index (χ3n) is 2.79. The number of thiophene rings is 1. The molecule has 0 bridgehead atoms. The molecule has 2 nitrogen and oxygen atoms in total. The first-order valence-electron chi connectivity index (χ1n) is 5.64. The van der Waals surface area contributed by atoms with Crippen LogP contribution in [0, 0.1) is 12.8 Å². The standard InChI is InChI=1S/C12H18N2S2/c1-8(2)10-6-13-12(16-10)14-7-11-9(3)4-5-15-11/h4-5,8,10H,6-7H2,1-3H3,(H,13,14). The van der Waals surface area contributed by atoms with E-state index in [9.17, 15) is 0 Å². The largest absolute Gasteiger partial charge is 0.360 e. The Labute approximate surface area is 106 Å². The minimum atomic E-state index is 0.659. The van der Waals surface area contributed by atoms with Gasteiger partial charge in [-0.3, -0.25) is 4.99 Å². The van der Waals surface area contributed by atoms with Gasteiger partial charge in [-0.1, -0.05) is 25.6 Å². The van der Waals surface area contributed by atoms with Gasteiger partial charge < -0.3 is 5.32 Å². The summed E-state index contributed by atoms with van der Waals surface area (Å²) in [6, 6.07) is 2.17. The minimum Gasteiger partial charge on any atom is -0.360 e. The van der Waals surface area contributed by atoms with Gasteiger partial charge in [-0.05, 0) is 29.9 Å². The van der Waals surface area contributed by atoms with Crippen LogP contribution in [0.1, 0.15) is 24.3 Å². The third kappa shape index (κ3) is 2.80. The van der Waals surface area contributed by atoms with Crippen LogP contribution in [0.5, 0.6) is 0 Å². The molecule has 0 aromatic carbocycles. The van der Waals surface area contributed by atoms with E-state index in [2.05, 4.69) is 42.5 Å². The Morgan fingerprint density at radius 2 is 2.38 bits per heavy atom. The van der Waals surface area contributed by atoms with Crippen molar-refractivity contribution in [1.82, 2.24) is 5.32 Å². The lowest BCUT2D eigenvalue weighted by molar-refractivity contribution is 0.621. The highest BCUT2D eigenvalue weighted by molar-refractivity contribution is 8.14. The molecule has 0 saturated heterocycles. The van der Waals surface area contributed by atoms with Crippen molar-refractivity contribution in [2.45, 2.75) is 32.6 Å². The quantitative estimate of drug-likeness (QED) is 0.895.